The second-order valence-electron chi connectivity index (χ2n) is 4.87. The first-order valence-electron chi connectivity index (χ1n) is 5.88. The summed E-state index contributed by atoms with van der Waals surface area (Å²) in [6.45, 7) is -0.734. The van der Waals surface area contributed by atoms with Crippen molar-refractivity contribution in [2.75, 3.05) is 13.2 Å². The minimum Gasteiger partial charge on any atom is -0.366 e. The lowest BCUT2D eigenvalue weighted by molar-refractivity contribution is -0.219. The molecule has 8 heteroatoms. The normalized spacial score (nSPS) is 33.5. The van der Waals surface area contributed by atoms with E-state index in [0.29, 0.717) is 0 Å². The summed E-state index contributed by atoms with van der Waals surface area (Å²) in [5.74, 6) is -3.49. The van der Waals surface area contributed by atoms with Crippen molar-refractivity contribution in [3.63, 3.8) is 0 Å². The van der Waals surface area contributed by atoms with Crippen molar-refractivity contribution in [1.29, 1.82) is 0 Å². The molecule has 3 rings (SSSR count). The van der Waals surface area contributed by atoms with E-state index in [9.17, 15) is 22.0 Å². The van der Waals surface area contributed by atoms with Crippen molar-refractivity contribution in [2.24, 2.45) is 5.92 Å². The molecule has 3 nitrogen and oxygen atoms in total. The molecule has 2 unspecified atom stereocenters. The fourth-order valence-electron chi connectivity index (χ4n) is 2.80. The van der Waals surface area contributed by atoms with Crippen LogP contribution in [0.2, 0.25) is 0 Å². The van der Waals surface area contributed by atoms with Gasteiger partial charge in [-0.2, -0.15) is 18.7 Å². The van der Waals surface area contributed by atoms with Gasteiger partial charge in [-0.05, 0) is 6.07 Å². The van der Waals surface area contributed by atoms with Crippen molar-refractivity contribution < 1.29 is 31.5 Å². The molecule has 2 aliphatic heterocycles. The van der Waals surface area contributed by atoms with Crippen LogP contribution in [0, 0.1) is 17.6 Å². The summed E-state index contributed by atoms with van der Waals surface area (Å²) in [6, 6.07) is 3.37. The molecule has 0 amide bonds. The van der Waals surface area contributed by atoms with E-state index in [1.807, 2.05) is 0 Å². The van der Waals surface area contributed by atoms with Gasteiger partial charge in [0.15, 0.2) is 17.7 Å². The molecular formula is C12H10F5NO2. The van der Waals surface area contributed by atoms with Crippen LogP contribution in [0.25, 0.3) is 0 Å². The highest BCUT2D eigenvalue weighted by Crippen LogP contribution is 2.48. The van der Waals surface area contributed by atoms with Crippen molar-refractivity contribution >= 4 is 0 Å². The molecule has 110 valence electrons. The van der Waals surface area contributed by atoms with Gasteiger partial charge in [0.05, 0.1) is 13.2 Å². The molecule has 2 aliphatic rings. The summed E-state index contributed by atoms with van der Waals surface area (Å²) in [6.07, 6.45) is -6.66. The quantitative estimate of drug-likeness (QED) is 0.806. The van der Waals surface area contributed by atoms with E-state index in [1.165, 1.54) is 12.1 Å². The highest BCUT2D eigenvalue weighted by Gasteiger charge is 2.63. The van der Waals surface area contributed by atoms with Gasteiger partial charge < -0.3 is 9.57 Å². The molecule has 0 aliphatic carbocycles. The molecule has 1 aromatic rings. The Kier molecular flexibility index (Phi) is 3.00. The van der Waals surface area contributed by atoms with Gasteiger partial charge in [0.2, 0.25) is 0 Å². The highest BCUT2D eigenvalue weighted by atomic mass is 19.4. The van der Waals surface area contributed by atoms with Crippen LogP contribution >= 0.6 is 0 Å². The number of hydroxylamine groups is 1. The lowest BCUT2D eigenvalue weighted by Gasteiger charge is -2.28. The molecule has 1 aromatic carbocycles. The predicted octanol–water partition coefficient (Wildman–Crippen LogP) is 2.27. The molecule has 2 fully saturated rings. The van der Waals surface area contributed by atoms with Gasteiger partial charge in [0.1, 0.15) is 5.54 Å². The van der Waals surface area contributed by atoms with Gasteiger partial charge in [-0.25, -0.2) is 8.78 Å². The first kappa shape index (κ1) is 13.7. The second kappa shape index (κ2) is 4.37. The zero-order valence-corrected chi connectivity index (χ0v) is 10.0. The number of benzene rings is 1. The number of nitrogens with one attached hydrogen (secondary N) is 1. The monoisotopic (exact) mass is 295 g/mol. The minimum atomic E-state index is -4.59. The molecule has 0 radical (unpaired) electrons. The molecular weight excluding hydrogens is 285 g/mol. The van der Waals surface area contributed by atoms with Crippen LogP contribution in [0.3, 0.4) is 0 Å². The summed E-state index contributed by atoms with van der Waals surface area (Å²) in [5, 5.41) is 0. The lowest BCUT2D eigenvalue weighted by atomic mass is 9.79. The second-order valence-corrected chi connectivity index (χ2v) is 4.87. The van der Waals surface area contributed by atoms with Gasteiger partial charge >= 0.3 is 6.18 Å². The summed E-state index contributed by atoms with van der Waals surface area (Å²) >= 11 is 0. The maximum Gasteiger partial charge on any atom is 0.415 e. The Morgan fingerprint density at radius 3 is 2.70 bits per heavy atom. The van der Waals surface area contributed by atoms with Gasteiger partial charge in [0.25, 0.3) is 0 Å². The Labute approximate surface area is 110 Å². The van der Waals surface area contributed by atoms with Gasteiger partial charge in [-0.1, -0.05) is 12.1 Å². The SMILES string of the molecule is Fc1cccc(C23CO[C@H](C(F)(F)F)C2CON3)c1F. The van der Waals surface area contributed by atoms with Crippen LogP contribution < -0.4 is 5.48 Å². The Hall–Kier alpha value is -1.25. The maximum atomic E-state index is 13.9. The van der Waals surface area contributed by atoms with E-state index < -0.39 is 42.0 Å². The Balaban J connectivity index is 2.06. The van der Waals surface area contributed by atoms with Crippen molar-refractivity contribution in [3.8, 4) is 0 Å². The van der Waals surface area contributed by atoms with E-state index in [-0.39, 0.29) is 12.2 Å². The van der Waals surface area contributed by atoms with Crippen LogP contribution in [0.1, 0.15) is 5.56 Å². The van der Waals surface area contributed by atoms with Crippen molar-refractivity contribution in [1.82, 2.24) is 5.48 Å². The molecule has 20 heavy (non-hydrogen) atoms. The van der Waals surface area contributed by atoms with E-state index in [0.717, 1.165) is 6.07 Å². The molecule has 3 atom stereocenters. The third-order valence-corrected chi connectivity index (χ3v) is 3.76. The van der Waals surface area contributed by atoms with Crippen LogP contribution in [-0.2, 0) is 15.1 Å². The van der Waals surface area contributed by atoms with Gasteiger partial charge in [-0.15, -0.1) is 0 Å². The zero-order valence-electron chi connectivity index (χ0n) is 10.0. The van der Waals surface area contributed by atoms with Crippen LogP contribution in [0.4, 0.5) is 22.0 Å². The number of ether oxygens (including phenoxy) is 1. The standard InChI is InChI=1S/C12H10F5NO2/c13-8-3-1-2-6(9(8)14)11-5-19-10(12(15,16)17)7(11)4-20-18-11/h1-3,7,10,18H,4-5H2/t7?,10-,11?/m0/s1. The summed E-state index contributed by atoms with van der Waals surface area (Å²) < 4.78 is 70.7. The van der Waals surface area contributed by atoms with Crippen molar-refractivity contribution in [2.45, 2.75) is 17.8 Å². The van der Waals surface area contributed by atoms with Gasteiger partial charge in [-0.3, -0.25) is 0 Å². The third-order valence-electron chi connectivity index (χ3n) is 3.76. The van der Waals surface area contributed by atoms with E-state index >= 15 is 0 Å². The Bertz CT molecular complexity index is 535. The van der Waals surface area contributed by atoms with E-state index in [1.54, 1.807) is 0 Å². The van der Waals surface area contributed by atoms with Crippen LogP contribution in [0.15, 0.2) is 18.2 Å². The topological polar surface area (TPSA) is 30.5 Å². The summed E-state index contributed by atoms with van der Waals surface area (Å²) in [4.78, 5) is 4.87. The Morgan fingerprint density at radius 1 is 1.25 bits per heavy atom. The number of hydrogen-bond donors (Lipinski definition) is 1. The molecule has 2 saturated heterocycles. The summed E-state index contributed by atoms with van der Waals surface area (Å²) in [7, 11) is 0. The van der Waals surface area contributed by atoms with Gasteiger partial charge in [0, 0.05) is 11.5 Å². The molecule has 0 saturated carbocycles. The molecule has 0 spiro atoms. The number of hydrogen-bond acceptors (Lipinski definition) is 3. The minimum absolute atomic E-state index is 0.216. The number of fused-ring (bicyclic) bond motifs is 1. The molecule has 0 aromatic heterocycles. The fourth-order valence-corrected chi connectivity index (χ4v) is 2.80. The zero-order chi connectivity index (χ0) is 14.5. The molecule has 1 N–H and O–H groups in total. The third kappa shape index (κ3) is 1.82. The van der Waals surface area contributed by atoms with E-state index in [4.69, 9.17) is 9.57 Å². The first-order valence-corrected chi connectivity index (χ1v) is 5.88. The Morgan fingerprint density at radius 2 is 2.00 bits per heavy atom. The number of alkyl halides is 3. The van der Waals surface area contributed by atoms with E-state index in [2.05, 4.69) is 5.48 Å². The average molecular weight is 295 g/mol. The summed E-state index contributed by atoms with van der Waals surface area (Å²) in [5.41, 5.74) is 0.649. The number of rotatable bonds is 1. The van der Waals surface area contributed by atoms with Crippen LogP contribution in [-0.4, -0.2) is 25.5 Å². The molecule has 0 bridgehead atoms. The number of halogens is 5. The largest absolute Gasteiger partial charge is 0.415 e. The maximum absolute atomic E-state index is 13.9. The lowest BCUT2D eigenvalue weighted by Crippen LogP contribution is -2.45. The molecule has 2 heterocycles. The fraction of sp³-hybridized carbons (Fsp3) is 0.500. The predicted molar refractivity (Wildman–Crippen MR) is 56.4 cm³/mol. The smallest absolute Gasteiger partial charge is 0.366 e. The average Bonchev–Trinajstić information content (AvgIpc) is 2.89. The van der Waals surface area contributed by atoms with Crippen LogP contribution in [0.5, 0.6) is 0 Å². The van der Waals surface area contributed by atoms with Crippen molar-refractivity contribution in [3.05, 3.63) is 35.4 Å². The first-order chi connectivity index (χ1) is 9.36. The highest BCUT2D eigenvalue weighted by molar-refractivity contribution is 5.31.